The fraction of sp³-hybridized carbons (Fsp3) is 0.286. The van der Waals surface area contributed by atoms with E-state index >= 15 is 0 Å². The smallest absolute Gasteiger partial charge is 0.220 e. The molecule has 2 aromatic carbocycles. The van der Waals surface area contributed by atoms with Crippen LogP contribution in [0.4, 0.5) is 0 Å². The van der Waals surface area contributed by atoms with Crippen LogP contribution in [0.15, 0.2) is 60.9 Å². The van der Waals surface area contributed by atoms with E-state index in [1.165, 1.54) is 49.8 Å². The van der Waals surface area contributed by atoms with E-state index < -0.39 is 0 Å². The van der Waals surface area contributed by atoms with Crippen LogP contribution in [0.1, 0.15) is 36.2 Å². The van der Waals surface area contributed by atoms with Gasteiger partial charge in [0.25, 0.3) is 0 Å². The first-order valence-corrected chi connectivity index (χ1v) is 10.8. The largest absolute Gasteiger partial charge is 0.261 e. The third-order valence-electron chi connectivity index (χ3n) is 6.00. The Labute approximate surface area is 180 Å². The van der Waals surface area contributed by atoms with Gasteiger partial charge in [0.15, 0.2) is 6.20 Å². The Hall–Kier alpha value is -3.00. The molecule has 152 valence electrons. The van der Waals surface area contributed by atoms with E-state index in [4.69, 9.17) is 4.98 Å². The average molecular weight is 396 g/mol. The summed E-state index contributed by atoms with van der Waals surface area (Å²) >= 11 is 0. The van der Waals surface area contributed by atoms with Crippen molar-refractivity contribution in [3.63, 3.8) is 0 Å². The Kier molecular flexibility index (Phi) is 5.42. The van der Waals surface area contributed by atoms with E-state index in [1.807, 2.05) is 6.20 Å². The van der Waals surface area contributed by atoms with Crippen LogP contribution in [0.25, 0.3) is 33.2 Å². The minimum Gasteiger partial charge on any atom is -0.261 e. The minimum atomic E-state index is 0.615. The van der Waals surface area contributed by atoms with Crippen LogP contribution >= 0.6 is 0 Å². The number of rotatable bonds is 4. The highest BCUT2D eigenvalue weighted by molar-refractivity contribution is 6.02. The molecule has 0 aliphatic rings. The van der Waals surface area contributed by atoms with Crippen molar-refractivity contribution >= 4 is 10.8 Å². The predicted molar refractivity (Wildman–Crippen MR) is 127 cm³/mol. The Balaban J connectivity index is 1.91. The fourth-order valence-electron chi connectivity index (χ4n) is 4.40. The van der Waals surface area contributed by atoms with Crippen LogP contribution in [-0.2, 0) is 13.5 Å². The summed E-state index contributed by atoms with van der Waals surface area (Å²) in [7, 11) is 2.14. The number of benzene rings is 2. The van der Waals surface area contributed by atoms with Crippen molar-refractivity contribution in [2.45, 2.75) is 41.0 Å². The highest BCUT2D eigenvalue weighted by atomic mass is 14.9. The normalized spacial score (nSPS) is 11.4. The predicted octanol–water partition coefficient (Wildman–Crippen LogP) is 6.52. The Morgan fingerprint density at radius 2 is 1.70 bits per heavy atom. The van der Waals surface area contributed by atoms with Crippen molar-refractivity contribution in [1.82, 2.24) is 4.98 Å². The molecular formula is C28H31N2+. The summed E-state index contributed by atoms with van der Waals surface area (Å²) in [6, 6.07) is 17.8. The van der Waals surface area contributed by atoms with Gasteiger partial charge in [-0.25, -0.2) is 4.57 Å². The standard InChI is InChI=1S/C28H31N2/c1-18(2)14-23-11-10-22(17-29-23)24-8-7-9-26-25(24)12-13-30(6)28(26)27-16-19(3)15-20(4)21(27)5/h7-13,15-18H,14H2,1-6H3/q+1. The maximum Gasteiger partial charge on any atom is 0.220 e. The average Bonchev–Trinajstić information content (AvgIpc) is 2.70. The third kappa shape index (κ3) is 3.75. The van der Waals surface area contributed by atoms with Gasteiger partial charge in [-0.05, 0) is 68.0 Å². The zero-order valence-corrected chi connectivity index (χ0v) is 19.0. The Morgan fingerprint density at radius 1 is 0.900 bits per heavy atom. The summed E-state index contributed by atoms with van der Waals surface area (Å²) < 4.78 is 2.25. The second kappa shape index (κ2) is 8.02. The van der Waals surface area contributed by atoms with Crippen LogP contribution in [0, 0.1) is 26.7 Å². The molecule has 4 aromatic rings. The molecule has 0 unspecified atom stereocenters. The topological polar surface area (TPSA) is 16.8 Å². The SMILES string of the molecule is Cc1cc(C)c(C)c(-c2c3cccc(-c4ccc(CC(C)C)nc4)c3cc[n+]2C)c1. The summed E-state index contributed by atoms with van der Waals surface area (Å²) in [6.07, 6.45) is 5.22. The third-order valence-corrected chi connectivity index (χ3v) is 6.00. The molecule has 0 N–H and O–H groups in total. The van der Waals surface area contributed by atoms with Gasteiger partial charge in [0, 0.05) is 28.9 Å². The quantitative estimate of drug-likeness (QED) is 0.360. The fourth-order valence-corrected chi connectivity index (χ4v) is 4.40. The first-order chi connectivity index (χ1) is 14.3. The molecule has 2 heterocycles. The van der Waals surface area contributed by atoms with Gasteiger partial charge in [-0.2, -0.15) is 0 Å². The maximum absolute atomic E-state index is 4.73. The van der Waals surface area contributed by atoms with Crippen LogP contribution in [0.2, 0.25) is 0 Å². The molecule has 0 spiro atoms. The number of fused-ring (bicyclic) bond motifs is 1. The number of hydrogen-bond acceptors (Lipinski definition) is 1. The van der Waals surface area contributed by atoms with Gasteiger partial charge in [-0.15, -0.1) is 0 Å². The summed E-state index contributed by atoms with van der Waals surface area (Å²) in [6.45, 7) is 11.1. The van der Waals surface area contributed by atoms with Crippen LogP contribution in [0.5, 0.6) is 0 Å². The van der Waals surface area contributed by atoms with Gasteiger partial charge in [-0.3, -0.25) is 4.98 Å². The maximum atomic E-state index is 4.73. The lowest BCUT2D eigenvalue weighted by Gasteiger charge is -2.13. The first kappa shape index (κ1) is 20.3. The van der Waals surface area contributed by atoms with Crippen molar-refractivity contribution in [2.24, 2.45) is 13.0 Å². The van der Waals surface area contributed by atoms with Gasteiger partial charge in [0.2, 0.25) is 5.69 Å². The van der Waals surface area contributed by atoms with Crippen LogP contribution in [-0.4, -0.2) is 4.98 Å². The van der Waals surface area contributed by atoms with E-state index in [0.717, 1.165) is 12.1 Å². The molecule has 2 heteroatoms. The van der Waals surface area contributed by atoms with Gasteiger partial charge < -0.3 is 0 Å². The van der Waals surface area contributed by atoms with Crippen molar-refractivity contribution < 1.29 is 4.57 Å². The molecule has 30 heavy (non-hydrogen) atoms. The van der Waals surface area contributed by atoms with Gasteiger partial charge in [0.05, 0.1) is 10.9 Å². The van der Waals surface area contributed by atoms with Gasteiger partial charge in [0.1, 0.15) is 7.05 Å². The molecule has 0 saturated heterocycles. The van der Waals surface area contributed by atoms with Crippen molar-refractivity contribution in [3.05, 3.63) is 83.3 Å². The molecule has 0 atom stereocenters. The second-order valence-electron chi connectivity index (χ2n) is 8.93. The van der Waals surface area contributed by atoms with Gasteiger partial charge >= 0.3 is 0 Å². The second-order valence-corrected chi connectivity index (χ2v) is 8.93. The lowest BCUT2D eigenvalue weighted by Crippen LogP contribution is -2.31. The molecule has 2 aromatic heterocycles. The number of hydrogen-bond donors (Lipinski definition) is 0. The zero-order chi connectivity index (χ0) is 21.4. The molecule has 0 aliphatic heterocycles. The number of aromatic nitrogens is 2. The summed E-state index contributed by atoms with van der Waals surface area (Å²) in [5.74, 6) is 0.615. The summed E-state index contributed by atoms with van der Waals surface area (Å²) in [5, 5.41) is 2.54. The number of aryl methyl sites for hydroxylation is 3. The minimum absolute atomic E-state index is 0.615. The van der Waals surface area contributed by atoms with E-state index in [2.05, 4.69) is 101 Å². The van der Waals surface area contributed by atoms with E-state index in [9.17, 15) is 0 Å². The zero-order valence-electron chi connectivity index (χ0n) is 19.0. The number of nitrogens with zero attached hydrogens (tertiary/aromatic N) is 2. The van der Waals surface area contributed by atoms with Crippen LogP contribution in [0.3, 0.4) is 0 Å². The Bertz CT molecular complexity index is 1220. The van der Waals surface area contributed by atoms with E-state index in [1.54, 1.807) is 0 Å². The van der Waals surface area contributed by atoms with Crippen LogP contribution < -0.4 is 4.57 Å². The molecule has 0 radical (unpaired) electrons. The molecule has 4 rings (SSSR count). The number of pyridine rings is 2. The molecule has 2 nitrogen and oxygen atoms in total. The molecular weight excluding hydrogens is 364 g/mol. The van der Waals surface area contributed by atoms with E-state index in [0.29, 0.717) is 5.92 Å². The lowest BCUT2D eigenvalue weighted by molar-refractivity contribution is -0.659. The molecule has 0 saturated carbocycles. The molecule has 0 amide bonds. The Morgan fingerprint density at radius 3 is 2.40 bits per heavy atom. The molecule has 0 bridgehead atoms. The summed E-state index contributed by atoms with van der Waals surface area (Å²) in [5.41, 5.74) is 10.1. The molecule has 0 aliphatic carbocycles. The highest BCUT2D eigenvalue weighted by Crippen LogP contribution is 2.34. The van der Waals surface area contributed by atoms with Crippen molar-refractivity contribution in [1.29, 1.82) is 0 Å². The van der Waals surface area contributed by atoms with Gasteiger partial charge in [-0.1, -0.05) is 43.7 Å². The summed E-state index contributed by atoms with van der Waals surface area (Å²) in [4.78, 5) is 4.73. The van der Waals surface area contributed by atoms with E-state index in [-0.39, 0.29) is 0 Å². The highest BCUT2D eigenvalue weighted by Gasteiger charge is 2.20. The lowest BCUT2D eigenvalue weighted by atomic mass is 9.92. The van der Waals surface area contributed by atoms with Crippen molar-refractivity contribution in [3.8, 4) is 22.4 Å². The monoisotopic (exact) mass is 395 g/mol. The first-order valence-electron chi connectivity index (χ1n) is 10.8. The van der Waals surface area contributed by atoms with Crippen molar-refractivity contribution in [2.75, 3.05) is 0 Å². The molecule has 0 fully saturated rings.